The van der Waals surface area contributed by atoms with Gasteiger partial charge in [-0.25, -0.2) is 4.79 Å². The number of aryl methyl sites for hydroxylation is 1. The normalized spacial score (nSPS) is 17.1. The SMILES string of the molecule is Cc1ccc2c(C#N)c(-c3ccc(NC(=O)O[C@H](C)C4CC4)cc3)n(C3CCC3)c2c1. The van der Waals surface area contributed by atoms with Gasteiger partial charge in [0.05, 0.1) is 16.8 Å². The summed E-state index contributed by atoms with van der Waals surface area (Å²) >= 11 is 0. The molecule has 5 rings (SSSR count). The third-order valence-corrected chi connectivity index (χ3v) is 6.69. The molecule has 0 spiro atoms. The van der Waals surface area contributed by atoms with E-state index in [9.17, 15) is 10.1 Å². The van der Waals surface area contributed by atoms with E-state index in [2.05, 4.69) is 41.1 Å². The molecule has 2 saturated carbocycles. The largest absolute Gasteiger partial charge is 0.446 e. The second-order valence-electron chi connectivity index (χ2n) is 8.96. The fraction of sp³-hybridized carbons (Fsp3) is 0.385. The molecule has 5 nitrogen and oxygen atoms in total. The first-order valence-corrected chi connectivity index (χ1v) is 11.2. The smallest absolute Gasteiger partial charge is 0.411 e. The molecule has 2 aliphatic carbocycles. The first-order valence-electron chi connectivity index (χ1n) is 11.2. The fourth-order valence-electron chi connectivity index (χ4n) is 4.53. The number of anilines is 1. The van der Waals surface area contributed by atoms with Gasteiger partial charge in [0.2, 0.25) is 0 Å². The van der Waals surface area contributed by atoms with Crippen molar-refractivity contribution >= 4 is 22.7 Å². The minimum atomic E-state index is -0.413. The highest BCUT2D eigenvalue weighted by atomic mass is 16.6. The van der Waals surface area contributed by atoms with Crippen LogP contribution in [0.3, 0.4) is 0 Å². The number of carbonyl (C=O) groups is 1. The monoisotopic (exact) mass is 413 g/mol. The molecule has 0 unspecified atom stereocenters. The lowest BCUT2D eigenvalue weighted by atomic mass is 9.92. The molecule has 1 N–H and O–H groups in total. The number of benzene rings is 2. The van der Waals surface area contributed by atoms with Crippen molar-refractivity contribution in [2.24, 2.45) is 5.92 Å². The lowest BCUT2D eigenvalue weighted by Crippen LogP contribution is -2.21. The van der Waals surface area contributed by atoms with Crippen molar-refractivity contribution in [3.05, 3.63) is 53.6 Å². The van der Waals surface area contributed by atoms with Crippen LogP contribution in [0.1, 0.15) is 56.2 Å². The Morgan fingerprint density at radius 2 is 1.90 bits per heavy atom. The van der Waals surface area contributed by atoms with E-state index in [0.717, 1.165) is 53.4 Å². The standard InChI is InChI=1S/C26H27N3O2/c1-16-6-13-22-23(15-27)25(29(24(22)14-16)21-4-3-5-21)19-9-11-20(12-10-19)28-26(30)31-17(2)18-7-8-18/h6,9-14,17-18,21H,3-5,7-8H2,1-2H3,(H,28,30)/t17-/m1/s1. The molecule has 158 valence electrons. The predicted molar refractivity (Wildman–Crippen MR) is 122 cm³/mol. The highest BCUT2D eigenvalue weighted by Crippen LogP contribution is 2.42. The first kappa shape index (κ1) is 19.7. The van der Waals surface area contributed by atoms with Gasteiger partial charge in [0.15, 0.2) is 0 Å². The summed E-state index contributed by atoms with van der Waals surface area (Å²) < 4.78 is 7.82. The van der Waals surface area contributed by atoms with Gasteiger partial charge in [-0.2, -0.15) is 5.26 Å². The first-order chi connectivity index (χ1) is 15.0. The number of hydrogen-bond donors (Lipinski definition) is 1. The number of amides is 1. The van der Waals surface area contributed by atoms with Gasteiger partial charge in [-0.3, -0.25) is 5.32 Å². The zero-order valence-corrected chi connectivity index (χ0v) is 18.0. The molecule has 2 aromatic carbocycles. The zero-order valence-electron chi connectivity index (χ0n) is 18.0. The Kier molecular flexibility index (Phi) is 4.94. The van der Waals surface area contributed by atoms with Crippen LogP contribution >= 0.6 is 0 Å². The number of nitrogens with one attached hydrogen (secondary N) is 1. The van der Waals surface area contributed by atoms with Gasteiger partial charge in [0.25, 0.3) is 0 Å². The number of ether oxygens (including phenoxy) is 1. The summed E-state index contributed by atoms with van der Waals surface area (Å²) in [6.45, 7) is 4.04. The van der Waals surface area contributed by atoms with E-state index >= 15 is 0 Å². The lowest BCUT2D eigenvalue weighted by Gasteiger charge is -2.30. The number of aromatic nitrogens is 1. The molecule has 1 amide bonds. The summed E-state index contributed by atoms with van der Waals surface area (Å²) in [7, 11) is 0. The Bertz CT molecular complexity index is 1180. The van der Waals surface area contributed by atoms with Crippen molar-refractivity contribution < 1.29 is 9.53 Å². The summed E-state index contributed by atoms with van der Waals surface area (Å²) in [4.78, 5) is 12.2. The van der Waals surface area contributed by atoms with Crippen LogP contribution in [0.2, 0.25) is 0 Å². The molecular formula is C26H27N3O2. The number of nitriles is 1. The summed E-state index contributed by atoms with van der Waals surface area (Å²) in [5.41, 5.74) is 5.71. The van der Waals surface area contributed by atoms with Crippen molar-refractivity contribution in [3.63, 3.8) is 0 Å². The molecule has 0 radical (unpaired) electrons. The molecular weight excluding hydrogens is 386 g/mol. The van der Waals surface area contributed by atoms with Crippen LogP contribution < -0.4 is 5.32 Å². The molecule has 3 aromatic rings. The maximum atomic E-state index is 12.2. The van der Waals surface area contributed by atoms with E-state index in [1.54, 1.807) is 0 Å². The second-order valence-corrected chi connectivity index (χ2v) is 8.96. The van der Waals surface area contributed by atoms with Crippen molar-refractivity contribution in [2.45, 2.75) is 58.1 Å². The van der Waals surface area contributed by atoms with Gasteiger partial charge < -0.3 is 9.30 Å². The minimum Gasteiger partial charge on any atom is -0.446 e. The van der Waals surface area contributed by atoms with Gasteiger partial charge in [0, 0.05) is 17.1 Å². The molecule has 0 aliphatic heterocycles. The zero-order chi connectivity index (χ0) is 21.5. The Labute approximate surface area is 182 Å². The van der Waals surface area contributed by atoms with Crippen LogP contribution in [0.15, 0.2) is 42.5 Å². The molecule has 5 heteroatoms. The van der Waals surface area contributed by atoms with Crippen molar-refractivity contribution in [1.82, 2.24) is 4.57 Å². The van der Waals surface area contributed by atoms with Gasteiger partial charge >= 0.3 is 6.09 Å². The second kappa shape index (κ2) is 7.77. The van der Waals surface area contributed by atoms with E-state index in [1.165, 1.54) is 12.0 Å². The van der Waals surface area contributed by atoms with Crippen LogP contribution in [0.25, 0.3) is 22.2 Å². The van der Waals surface area contributed by atoms with Crippen molar-refractivity contribution in [2.75, 3.05) is 5.32 Å². The molecule has 31 heavy (non-hydrogen) atoms. The molecule has 1 aromatic heterocycles. The Morgan fingerprint density at radius 1 is 1.16 bits per heavy atom. The number of carbonyl (C=O) groups excluding carboxylic acids is 1. The topological polar surface area (TPSA) is 67.1 Å². The summed E-state index contributed by atoms with van der Waals surface area (Å²) in [6.07, 6.45) is 5.32. The van der Waals surface area contributed by atoms with Crippen molar-refractivity contribution in [3.8, 4) is 17.3 Å². The molecule has 0 bridgehead atoms. The quantitative estimate of drug-likeness (QED) is 0.515. The number of hydrogen-bond acceptors (Lipinski definition) is 3. The van der Waals surface area contributed by atoms with E-state index in [1.807, 2.05) is 31.2 Å². The number of nitrogens with zero attached hydrogens (tertiary/aromatic N) is 2. The van der Waals surface area contributed by atoms with Crippen LogP contribution in [0, 0.1) is 24.2 Å². The van der Waals surface area contributed by atoms with Crippen LogP contribution in [-0.2, 0) is 4.74 Å². The highest BCUT2D eigenvalue weighted by molar-refractivity contribution is 5.95. The molecule has 1 atom stereocenters. The lowest BCUT2D eigenvalue weighted by molar-refractivity contribution is 0.108. The summed E-state index contributed by atoms with van der Waals surface area (Å²) in [5, 5.41) is 13.8. The van der Waals surface area contributed by atoms with E-state index in [-0.39, 0.29) is 6.10 Å². The Balaban J connectivity index is 1.47. The van der Waals surface area contributed by atoms with Gasteiger partial charge in [-0.15, -0.1) is 0 Å². The van der Waals surface area contributed by atoms with Crippen LogP contribution in [0.4, 0.5) is 10.5 Å². The molecule has 2 fully saturated rings. The molecule has 2 aliphatic rings. The summed E-state index contributed by atoms with van der Waals surface area (Å²) in [5.74, 6) is 0.509. The third kappa shape index (κ3) is 3.67. The maximum absolute atomic E-state index is 12.2. The van der Waals surface area contributed by atoms with E-state index in [0.29, 0.717) is 17.6 Å². The Morgan fingerprint density at radius 3 is 2.52 bits per heavy atom. The third-order valence-electron chi connectivity index (χ3n) is 6.69. The summed E-state index contributed by atoms with van der Waals surface area (Å²) in [6, 6.07) is 16.9. The maximum Gasteiger partial charge on any atom is 0.411 e. The number of fused-ring (bicyclic) bond motifs is 1. The highest BCUT2D eigenvalue weighted by Gasteiger charge is 2.31. The molecule has 0 saturated heterocycles. The fourth-order valence-corrected chi connectivity index (χ4v) is 4.53. The van der Waals surface area contributed by atoms with Gasteiger partial charge in [0.1, 0.15) is 12.2 Å². The minimum absolute atomic E-state index is 0.0425. The van der Waals surface area contributed by atoms with Gasteiger partial charge in [-0.05, 0) is 81.2 Å². The average Bonchev–Trinajstić information content (AvgIpc) is 3.52. The van der Waals surface area contributed by atoms with E-state index in [4.69, 9.17) is 4.74 Å². The molecule has 1 heterocycles. The van der Waals surface area contributed by atoms with E-state index < -0.39 is 6.09 Å². The van der Waals surface area contributed by atoms with Gasteiger partial charge in [-0.1, -0.05) is 24.3 Å². The average molecular weight is 414 g/mol. The van der Waals surface area contributed by atoms with Crippen LogP contribution in [-0.4, -0.2) is 16.8 Å². The predicted octanol–water partition coefficient (Wildman–Crippen LogP) is 6.56. The Hall–Kier alpha value is -3.26. The number of rotatable bonds is 5. The van der Waals surface area contributed by atoms with Crippen LogP contribution in [0.5, 0.6) is 0 Å². The van der Waals surface area contributed by atoms with Crippen molar-refractivity contribution in [1.29, 1.82) is 5.26 Å².